The minimum atomic E-state index is -1.26. The van der Waals surface area contributed by atoms with Gasteiger partial charge in [0.2, 0.25) is 0 Å². The van der Waals surface area contributed by atoms with Crippen molar-refractivity contribution in [2.75, 3.05) is 57.3 Å². The first kappa shape index (κ1) is 38.2. The number of carbonyl (C=O) groups is 3. The molecule has 0 unspecified atom stereocenters. The Hall–Kier alpha value is -4.21. The lowest BCUT2D eigenvalue weighted by Gasteiger charge is -2.53. The first-order valence-corrected chi connectivity index (χ1v) is 16.2. The van der Waals surface area contributed by atoms with Crippen molar-refractivity contribution in [3.63, 3.8) is 0 Å². The number of nitrogens with zero attached hydrogens (tertiary/aromatic N) is 6. The summed E-state index contributed by atoms with van der Waals surface area (Å²) in [6.45, 7) is 16.2. The molecule has 0 radical (unpaired) electrons. The molecular weight excluding hydrogens is 625 g/mol. The van der Waals surface area contributed by atoms with Crippen molar-refractivity contribution in [1.82, 2.24) is 30.3 Å². The quantitative estimate of drug-likeness (QED) is 0.160. The Morgan fingerprint density at radius 2 is 1.79 bits per heavy atom. The van der Waals surface area contributed by atoms with Crippen molar-refractivity contribution in [2.24, 2.45) is 11.3 Å². The maximum absolute atomic E-state index is 14.2. The lowest BCUT2D eigenvalue weighted by Crippen LogP contribution is -2.62. The summed E-state index contributed by atoms with van der Waals surface area (Å²) in [6.07, 6.45) is 4.62. The van der Waals surface area contributed by atoms with Crippen LogP contribution in [0.4, 0.5) is 10.2 Å². The highest BCUT2D eigenvalue weighted by atomic mass is 19.1. The Kier molecular flexibility index (Phi) is 14.2. The zero-order chi connectivity index (χ0) is 35.4. The van der Waals surface area contributed by atoms with Crippen LogP contribution in [-0.4, -0.2) is 123 Å². The highest BCUT2D eigenvalue weighted by molar-refractivity contribution is 5.97. The molecule has 1 aromatic carbocycles. The van der Waals surface area contributed by atoms with Gasteiger partial charge in [-0.25, -0.2) is 19.0 Å². The van der Waals surface area contributed by atoms with Gasteiger partial charge in [-0.15, -0.1) is 10.2 Å². The van der Waals surface area contributed by atoms with Crippen LogP contribution in [0.2, 0.25) is 0 Å². The van der Waals surface area contributed by atoms with Crippen molar-refractivity contribution in [2.45, 2.75) is 59.5 Å². The summed E-state index contributed by atoms with van der Waals surface area (Å²) in [7, 11) is 0. The van der Waals surface area contributed by atoms with Crippen LogP contribution in [0, 0.1) is 17.2 Å². The van der Waals surface area contributed by atoms with Crippen molar-refractivity contribution in [3.05, 3.63) is 48.1 Å². The van der Waals surface area contributed by atoms with Gasteiger partial charge in [-0.1, -0.05) is 13.8 Å². The second kappa shape index (κ2) is 17.8. The summed E-state index contributed by atoms with van der Waals surface area (Å²) in [6, 6.07) is 4.40. The summed E-state index contributed by atoms with van der Waals surface area (Å²) in [5.41, 5.74) is 0.330. The third-order valence-corrected chi connectivity index (χ3v) is 8.50. The van der Waals surface area contributed by atoms with Crippen LogP contribution < -0.4 is 15.0 Å². The van der Waals surface area contributed by atoms with Crippen LogP contribution in [0.5, 0.6) is 11.6 Å². The molecule has 2 aliphatic heterocycles. The van der Waals surface area contributed by atoms with E-state index in [0.717, 1.165) is 45.6 Å². The highest BCUT2D eigenvalue weighted by Crippen LogP contribution is 2.44. The topological polar surface area (TPSA) is 182 Å². The molecule has 0 aliphatic carbocycles. The maximum Gasteiger partial charge on any atom is 0.328 e. The molecule has 2 aliphatic rings. The molecule has 14 nitrogen and oxygen atoms in total. The molecule has 2 aromatic rings. The highest BCUT2D eigenvalue weighted by Gasteiger charge is 2.50. The first-order chi connectivity index (χ1) is 22.8. The number of aromatic nitrogens is 3. The lowest BCUT2D eigenvalue weighted by atomic mass is 9.76. The van der Waals surface area contributed by atoms with Gasteiger partial charge in [-0.05, 0) is 64.3 Å². The molecule has 1 aromatic heterocycles. The minimum Gasteiger partial charge on any atom is -0.478 e. The zero-order valence-electron chi connectivity index (χ0n) is 28.3. The van der Waals surface area contributed by atoms with E-state index in [1.165, 1.54) is 24.5 Å². The van der Waals surface area contributed by atoms with Gasteiger partial charge in [-0.2, -0.15) is 0 Å². The van der Waals surface area contributed by atoms with Gasteiger partial charge in [0.15, 0.2) is 5.82 Å². The Morgan fingerprint density at radius 3 is 2.38 bits per heavy atom. The van der Waals surface area contributed by atoms with Crippen molar-refractivity contribution in [3.8, 4) is 11.6 Å². The number of carbonyl (C=O) groups excluding carboxylic acids is 1. The molecule has 264 valence electrons. The molecule has 2 fully saturated rings. The molecule has 2 saturated heterocycles. The molecule has 1 spiro atoms. The van der Waals surface area contributed by atoms with Gasteiger partial charge < -0.3 is 35.2 Å². The molecule has 0 saturated carbocycles. The predicted molar refractivity (Wildman–Crippen MR) is 177 cm³/mol. The number of rotatable bonds is 15. The largest absolute Gasteiger partial charge is 0.478 e. The number of anilines is 1. The smallest absolute Gasteiger partial charge is 0.328 e. The number of aliphatic hydroxyl groups is 1. The van der Waals surface area contributed by atoms with Crippen LogP contribution >= 0.6 is 0 Å². The number of nitrogens with one attached hydrogen (secondary N) is 1. The van der Waals surface area contributed by atoms with Crippen molar-refractivity contribution < 1.29 is 38.8 Å². The van der Waals surface area contributed by atoms with Gasteiger partial charge in [0.05, 0.1) is 12.2 Å². The summed E-state index contributed by atoms with van der Waals surface area (Å²) >= 11 is 0. The van der Waals surface area contributed by atoms with Gasteiger partial charge in [-0.3, -0.25) is 9.69 Å². The number of aliphatic hydroxyl groups excluding tert-OH is 1. The Bertz CT molecular complexity index is 1400. The molecule has 1 atom stereocenters. The Balaban J connectivity index is 0.000000694. The second-order valence-corrected chi connectivity index (χ2v) is 12.7. The molecule has 0 bridgehead atoms. The zero-order valence-corrected chi connectivity index (χ0v) is 28.3. The van der Waals surface area contributed by atoms with E-state index in [4.69, 9.17) is 20.1 Å². The number of aliphatic carboxylic acids is 2. The van der Waals surface area contributed by atoms with E-state index < -0.39 is 17.8 Å². The van der Waals surface area contributed by atoms with E-state index in [-0.39, 0.29) is 41.2 Å². The van der Waals surface area contributed by atoms with Crippen LogP contribution in [-0.2, 0) is 9.59 Å². The van der Waals surface area contributed by atoms with E-state index in [0.29, 0.717) is 43.0 Å². The number of ether oxygens (including phenoxy) is 1. The Labute approximate surface area is 280 Å². The van der Waals surface area contributed by atoms with Gasteiger partial charge in [0, 0.05) is 68.9 Å². The molecular formula is C33H48FN7O7. The SMILES string of the molecule is CCN(C(=O)c1cc(F)ccc1Oc1nncnc1N1CCC2(C1)CN([C@H](CCNCCO)C(C)C)C2)C(C)C.O=C(O)/C=C/C(=O)O. The van der Waals surface area contributed by atoms with Gasteiger partial charge in [0.25, 0.3) is 11.8 Å². The first-order valence-electron chi connectivity index (χ1n) is 16.2. The average molecular weight is 674 g/mol. The summed E-state index contributed by atoms with van der Waals surface area (Å²) in [4.78, 5) is 43.3. The molecule has 3 heterocycles. The minimum absolute atomic E-state index is 0.0442. The fraction of sp³-hybridized carbons (Fsp3) is 0.576. The number of carboxylic acid groups (broad SMARTS) is 2. The second-order valence-electron chi connectivity index (χ2n) is 12.7. The van der Waals surface area contributed by atoms with Gasteiger partial charge >= 0.3 is 11.9 Å². The Morgan fingerprint density at radius 1 is 1.10 bits per heavy atom. The molecule has 48 heavy (non-hydrogen) atoms. The third kappa shape index (κ3) is 10.4. The van der Waals surface area contributed by atoms with Crippen molar-refractivity contribution >= 4 is 23.7 Å². The average Bonchev–Trinajstić information content (AvgIpc) is 3.47. The van der Waals surface area contributed by atoms with Crippen LogP contribution in [0.25, 0.3) is 0 Å². The number of likely N-dealkylation sites (tertiary alicyclic amines) is 1. The van der Waals surface area contributed by atoms with Crippen molar-refractivity contribution in [1.29, 1.82) is 0 Å². The summed E-state index contributed by atoms with van der Waals surface area (Å²) in [5, 5.41) is 36.1. The van der Waals surface area contributed by atoms with E-state index >= 15 is 0 Å². The van der Waals surface area contributed by atoms with E-state index in [9.17, 15) is 18.8 Å². The summed E-state index contributed by atoms with van der Waals surface area (Å²) in [5.74, 6) is -1.76. The molecule has 4 N–H and O–H groups in total. The molecule has 4 rings (SSSR count). The number of benzene rings is 1. The summed E-state index contributed by atoms with van der Waals surface area (Å²) < 4.78 is 20.4. The lowest BCUT2D eigenvalue weighted by molar-refractivity contribution is -0.134. The standard InChI is InChI=1S/C29H44FN7O3.C4H4O4/c1-6-37(21(4)5)28(39)23-15-22(30)7-8-25(23)40-27-26(32-19-33-34-27)35-13-10-29(16-35)17-36(18-29)24(20(2)3)9-11-31-12-14-38;5-3(6)1-2-4(7)8/h7-8,15,19-21,24,31,38H,6,9-14,16-18H2,1-5H3;1-2H,(H,5,6)(H,7,8)/b;2-1+/t24-;/m1./s1. The van der Waals surface area contributed by atoms with Crippen LogP contribution in [0.3, 0.4) is 0 Å². The number of halogens is 1. The van der Waals surface area contributed by atoms with E-state index in [1.54, 1.807) is 4.90 Å². The monoisotopic (exact) mass is 673 g/mol. The number of hydrogen-bond donors (Lipinski definition) is 4. The van der Waals surface area contributed by atoms with Gasteiger partial charge in [0.1, 0.15) is 17.9 Å². The molecule has 15 heteroatoms. The molecule has 1 amide bonds. The number of amides is 1. The maximum atomic E-state index is 14.2. The number of hydrogen-bond acceptors (Lipinski definition) is 11. The fourth-order valence-corrected chi connectivity index (χ4v) is 6.26. The predicted octanol–water partition coefficient (Wildman–Crippen LogP) is 2.89. The normalized spacial score (nSPS) is 16.1. The fourth-order valence-electron chi connectivity index (χ4n) is 6.26. The van der Waals surface area contributed by atoms with Crippen LogP contribution in [0.15, 0.2) is 36.7 Å². The van der Waals surface area contributed by atoms with E-state index in [1.807, 2.05) is 20.8 Å². The van der Waals surface area contributed by atoms with Crippen LogP contribution in [0.1, 0.15) is 57.8 Å². The number of carboxylic acids is 2. The van der Waals surface area contributed by atoms with E-state index in [2.05, 4.69) is 44.1 Å². The third-order valence-electron chi connectivity index (χ3n) is 8.50.